The van der Waals surface area contributed by atoms with Crippen molar-refractivity contribution in [1.82, 2.24) is 9.55 Å². The first-order valence-corrected chi connectivity index (χ1v) is 12.1. The Kier molecular flexibility index (Phi) is 7.20. The molecule has 0 N–H and O–H groups in total. The van der Waals surface area contributed by atoms with Crippen LogP contribution in [0.3, 0.4) is 0 Å². The molecule has 3 aromatic rings. The van der Waals surface area contributed by atoms with Crippen LogP contribution in [-0.4, -0.2) is 41.2 Å². The van der Waals surface area contributed by atoms with Gasteiger partial charge >= 0.3 is 5.97 Å². The van der Waals surface area contributed by atoms with Gasteiger partial charge in [-0.25, -0.2) is 4.98 Å². The summed E-state index contributed by atoms with van der Waals surface area (Å²) in [5.74, 6) is -0.0434. The number of nitrogens with zero attached hydrogens (tertiary/aromatic N) is 3. The molecular formula is C27H33N3O4. The van der Waals surface area contributed by atoms with Crippen LogP contribution in [0.4, 0.5) is 5.95 Å². The quantitative estimate of drug-likeness (QED) is 0.330. The fourth-order valence-electron chi connectivity index (χ4n) is 4.43. The molecule has 7 heteroatoms. The minimum Gasteiger partial charge on any atom is -0.494 e. The number of fused-ring (bicyclic) bond motifs is 3. The van der Waals surface area contributed by atoms with Crippen molar-refractivity contribution >= 4 is 28.9 Å². The van der Waals surface area contributed by atoms with E-state index in [-0.39, 0.29) is 12.5 Å². The highest BCUT2D eigenvalue weighted by Gasteiger charge is 2.47. The molecule has 2 unspecified atom stereocenters. The summed E-state index contributed by atoms with van der Waals surface area (Å²) >= 11 is 0. The number of ether oxygens (including phenoxy) is 2. The Morgan fingerprint density at radius 2 is 1.82 bits per heavy atom. The van der Waals surface area contributed by atoms with Gasteiger partial charge < -0.3 is 14.0 Å². The highest BCUT2D eigenvalue weighted by Crippen LogP contribution is 2.41. The number of para-hydroxylation sites is 2. The molecule has 1 aliphatic heterocycles. The molecule has 4 rings (SSSR count). The smallest absolute Gasteiger partial charge is 0.321 e. The lowest BCUT2D eigenvalue weighted by atomic mass is 9.89. The van der Waals surface area contributed by atoms with E-state index < -0.39 is 17.9 Å². The third kappa shape index (κ3) is 4.52. The van der Waals surface area contributed by atoms with Crippen LogP contribution in [0.15, 0.2) is 48.5 Å². The molecule has 7 nitrogen and oxygen atoms in total. The summed E-state index contributed by atoms with van der Waals surface area (Å²) < 4.78 is 13.2. The number of aromatic nitrogens is 2. The molecule has 0 spiro atoms. The van der Waals surface area contributed by atoms with Crippen molar-refractivity contribution in [3.05, 3.63) is 54.1 Å². The van der Waals surface area contributed by atoms with E-state index >= 15 is 0 Å². The van der Waals surface area contributed by atoms with Crippen molar-refractivity contribution in [3.8, 4) is 5.75 Å². The highest BCUT2D eigenvalue weighted by molar-refractivity contribution is 6.08. The Balaban J connectivity index is 1.88. The number of carbonyl (C=O) groups is 2. The van der Waals surface area contributed by atoms with Crippen molar-refractivity contribution in [2.45, 2.75) is 46.6 Å². The van der Waals surface area contributed by atoms with E-state index in [9.17, 15) is 9.59 Å². The molecule has 1 amide bonds. The molecule has 2 atom stereocenters. The summed E-state index contributed by atoms with van der Waals surface area (Å²) in [5, 5.41) is 0. The monoisotopic (exact) mass is 463 g/mol. The van der Waals surface area contributed by atoms with Crippen LogP contribution in [0.25, 0.3) is 11.0 Å². The Morgan fingerprint density at radius 3 is 2.50 bits per heavy atom. The van der Waals surface area contributed by atoms with Gasteiger partial charge in [0.25, 0.3) is 0 Å². The van der Waals surface area contributed by atoms with E-state index in [1.165, 1.54) is 0 Å². The zero-order valence-corrected chi connectivity index (χ0v) is 20.4. The summed E-state index contributed by atoms with van der Waals surface area (Å²) in [7, 11) is 0. The third-order valence-electron chi connectivity index (χ3n) is 6.11. The third-order valence-corrected chi connectivity index (χ3v) is 6.11. The maximum Gasteiger partial charge on any atom is 0.321 e. The largest absolute Gasteiger partial charge is 0.494 e. The fraction of sp³-hybridized carbons (Fsp3) is 0.444. The molecule has 0 saturated carbocycles. The normalized spacial score (nSPS) is 17.8. The number of carbonyl (C=O) groups excluding carboxylic acids is 2. The Labute approximate surface area is 200 Å². The number of amides is 1. The van der Waals surface area contributed by atoms with Crippen LogP contribution in [0.2, 0.25) is 0 Å². The van der Waals surface area contributed by atoms with Crippen molar-refractivity contribution in [2.24, 2.45) is 11.8 Å². The summed E-state index contributed by atoms with van der Waals surface area (Å²) in [6.45, 7) is 9.39. The second kappa shape index (κ2) is 10.3. The molecule has 1 aliphatic rings. The predicted octanol–water partition coefficient (Wildman–Crippen LogP) is 4.99. The summed E-state index contributed by atoms with van der Waals surface area (Å²) in [6, 6.07) is 14.9. The molecule has 0 saturated heterocycles. The molecule has 0 radical (unpaired) electrons. The van der Waals surface area contributed by atoms with Gasteiger partial charge in [-0.1, -0.05) is 45.0 Å². The van der Waals surface area contributed by atoms with Crippen molar-refractivity contribution in [1.29, 1.82) is 0 Å². The second-order valence-electron chi connectivity index (χ2n) is 9.03. The van der Waals surface area contributed by atoms with Crippen LogP contribution < -0.4 is 9.64 Å². The first-order valence-electron chi connectivity index (χ1n) is 12.1. The number of hydrogen-bond donors (Lipinski definition) is 0. The van der Waals surface area contributed by atoms with Crippen LogP contribution in [0.1, 0.15) is 52.1 Å². The van der Waals surface area contributed by atoms with Gasteiger partial charge in [0.05, 0.1) is 30.3 Å². The average Bonchev–Trinajstić information content (AvgIpc) is 3.21. The number of anilines is 1. The molecule has 180 valence electrons. The topological polar surface area (TPSA) is 73.7 Å². The Morgan fingerprint density at radius 1 is 1.09 bits per heavy atom. The SMILES string of the molecule is CCCOc1ccc(C2C(C(=O)OCC)C(=O)N(CCC(C)C)c3nc4ccccc4n32)cc1. The minimum absolute atomic E-state index is 0.211. The summed E-state index contributed by atoms with van der Waals surface area (Å²) in [5.41, 5.74) is 2.51. The summed E-state index contributed by atoms with van der Waals surface area (Å²) in [4.78, 5) is 33.5. The van der Waals surface area contributed by atoms with E-state index in [1.54, 1.807) is 11.8 Å². The van der Waals surface area contributed by atoms with Crippen molar-refractivity contribution in [2.75, 3.05) is 24.7 Å². The zero-order chi connectivity index (χ0) is 24.2. The van der Waals surface area contributed by atoms with Crippen LogP contribution in [0, 0.1) is 11.8 Å². The maximum absolute atomic E-state index is 13.8. The van der Waals surface area contributed by atoms with Crippen molar-refractivity contribution < 1.29 is 19.1 Å². The average molecular weight is 464 g/mol. The van der Waals surface area contributed by atoms with Gasteiger partial charge in [-0.05, 0) is 55.5 Å². The van der Waals surface area contributed by atoms with Gasteiger partial charge in [0.1, 0.15) is 5.75 Å². The minimum atomic E-state index is -1.00. The van der Waals surface area contributed by atoms with Gasteiger partial charge in [0.15, 0.2) is 5.92 Å². The number of hydrogen-bond acceptors (Lipinski definition) is 5. The fourth-order valence-corrected chi connectivity index (χ4v) is 4.43. The Hall–Kier alpha value is -3.35. The molecule has 2 aromatic carbocycles. The molecule has 34 heavy (non-hydrogen) atoms. The lowest BCUT2D eigenvalue weighted by molar-refractivity contribution is -0.153. The van der Waals surface area contributed by atoms with Gasteiger partial charge in [-0.15, -0.1) is 0 Å². The zero-order valence-electron chi connectivity index (χ0n) is 20.4. The van der Waals surface area contributed by atoms with E-state index in [4.69, 9.17) is 14.5 Å². The molecular weight excluding hydrogens is 430 g/mol. The number of esters is 1. The van der Waals surface area contributed by atoms with E-state index in [0.717, 1.165) is 35.2 Å². The first kappa shape index (κ1) is 23.8. The first-order chi connectivity index (χ1) is 16.5. The second-order valence-corrected chi connectivity index (χ2v) is 9.03. The lowest BCUT2D eigenvalue weighted by Gasteiger charge is -2.38. The van der Waals surface area contributed by atoms with Crippen LogP contribution >= 0.6 is 0 Å². The van der Waals surface area contributed by atoms with Gasteiger partial charge in [-0.3, -0.25) is 14.5 Å². The van der Waals surface area contributed by atoms with E-state index in [0.29, 0.717) is 25.0 Å². The number of rotatable bonds is 9. The van der Waals surface area contributed by atoms with Gasteiger partial charge in [0.2, 0.25) is 11.9 Å². The van der Waals surface area contributed by atoms with Gasteiger partial charge in [-0.2, -0.15) is 0 Å². The molecule has 0 aliphatic carbocycles. The van der Waals surface area contributed by atoms with E-state index in [2.05, 4.69) is 20.8 Å². The van der Waals surface area contributed by atoms with Crippen LogP contribution in [0.5, 0.6) is 5.75 Å². The lowest BCUT2D eigenvalue weighted by Crippen LogP contribution is -2.50. The standard InChI is InChI=1S/C27H33N3O4/c1-5-17-34-20-13-11-19(12-14-20)24-23(26(32)33-6-2)25(31)29(16-15-18(3)4)27-28-21-9-7-8-10-22(21)30(24)27/h7-14,18,23-24H,5-6,15-17H2,1-4H3. The number of benzene rings is 2. The Bertz CT molecular complexity index is 1150. The predicted molar refractivity (Wildman–Crippen MR) is 132 cm³/mol. The van der Waals surface area contributed by atoms with Crippen LogP contribution in [-0.2, 0) is 14.3 Å². The van der Waals surface area contributed by atoms with Crippen molar-refractivity contribution in [3.63, 3.8) is 0 Å². The molecule has 2 heterocycles. The highest BCUT2D eigenvalue weighted by atomic mass is 16.5. The van der Waals surface area contributed by atoms with E-state index in [1.807, 2.05) is 53.1 Å². The maximum atomic E-state index is 13.8. The molecule has 1 aromatic heterocycles. The number of imidazole rings is 1. The summed E-state index contributed by atoms with van der Waals surface area (Å²) in [6.07, 6.45) is 1.72. The molecule has 0 bridgehead atoms. The molecule has 0 fully saturated rings. The van der Waals surface area contributed by atoms with Gasteiger partial charge in [0, 0.05) is 6.54 Å².